The summed E-state index contributed by atoms with van der Waals surface area (Å²) in [5.41, 5.74) is 4.42. The number of ether oxygens (including phenoxy) is 1. The Labute approximate surface area is 284 Å². The van der Waals surface area contributed by atoms with E-state index < -0.39 is 10.0 Å². The van der Waals surface area contributed by atoms with Crippen LogP contribution in [0.5, 0.6) is 5.75 Å². The first kappa shape index (κ1) is 33.5. The maximum absolute atomic E-state index is 14.5. The molecule has 1 fully saturated rings. The molecule has 0 radical (unpaired) electrons. The van der Waals surface area contributed by atoms with E-state index in [2.05, 4.69) is 37.3 Å². The lowest BCUT2D eigenvalue weighted by molar-refractivity contribution is 0.0514. The summed E-state index contributed by atoms with van der Waals surface area (Å²) in [6.45, 7) is 14.0. The number of nitrogens with zero attached hydrogens (tertiary/aromatic N) is 4. The average molecular weight is 668 g/mol. The molecular formula is C38H45N5O4S. The fourth-order valence-corrected chi connectivity index (χ4v) is 7.87. The van der Waals surface area contributed by atoms with Crippen LogP contribution in [0.15, 0.2) is 77.7 Å². The minimum Gasteiger partial charge on any atom is -0.491 e. The van der Waals surface area contributed by atoms with E-state index in [0.29, 0.717) is 23.9 Å². The molecule has 2 aromatic heterocycles. The van der Waals surface area contributed by atoms with E-state index in [1.165, 1.54) is 12.1 Å². The molecule has 4 heterocycles. The highest BCUT2D eigenvalue weighted by Crippen LogP contribution is 2.33. The van der Waals surface area contributed by atoms with Crippen molar-refractivity contribution in [3.8, 4) is 17.0 Å². The number of anilines is 2. The van der Waals surface area contributed by atoms with Crippen molar-refractivity contribution >= 4 is 27.6 Å². The molecule has 1 N–H and O–H groups in total. The van der Waals surface area contributed by atoms with Crippen LogP contribution in [0.4, 0.5) is 11.6 Å². The predicted octanol–water partition coefficient (Wildman–Crippen LogP) is 7.39. The van der Waals surface area contributed by atoms with Crippen LogP contribution < -0.4 is 14.4 Å². The number of amides is 1. The summed E-state index contributed by atoms with van der Waals surface area (Å²) in [5.74, 6) is 1.22. The van der Waals surface area contributed by atoms with Crippen LogP contribution in [-0.2, 0) is 16.6 Å². The lowest BCUT2D eigenvalue weighted by atomic mass is 9.87. The number of rotatable bonds is 5. The molecule has 0 spiro atoms. The van der Waals surface area contributed by atoms with Gasteiger partial charge in [-0.1, -0.05) is 51.1 Å². The monoisotopic (exact) mass is 667 g/mol. The van der Waals surface area contributed by atoms with Gasteiger partial charge in [-0.3, -0.25) is 9.52 Å². The van der Waals surface area contributed by atoms with Gasteiger partial charge >= 0.3 is 0 Å². The third-order valence-corrected chi connectivity index (χ3v) is 10.5. The molecule has 10 heteroatoms. The molecule has 1 amide bonds. The molecule has 2 atom stereocenters. The molecule has 2 aliphatic heterocycles. The van der Waals surface area contributed by atoms with Gasteiger partial charge in [0.05, 0.1) is 28.9 Å². The van der Waals surface area contributed by atoms with E-state index >= 15 is 0 Å². The minimum absolute atomic E-state index is 0.0233. The normalized spacial score (nSPS) is 19.5. The first-order chi connectivity index (χ1) is 22.8. The molecular weight excluding hydrogens is 623 g/mol. The van der Waals surface area contributed by atoms with Crippen molar-refractivity contribution in [3.05, 3.63) is 95.2 Å². The predicted molar refractivity (Wildman–Crippen MR) is 190 cm³/mol. The number of pyridine rings is 2. The smallest absolute Gasteiger partial charge is 0.263 e. The Kier molecular flexibility index (Phi) is 9.22. The lowest BCUT2D eigenvalue weighted by Gasteiger charge is -2.36. The number of aromatic nitrogens is 2. The fraction of sp³-hybridized carbons (Fsp3) is 0.395. The second kappa shape index (κ2) is 13.2. The molecule has 6 rings (SSSR count). The summed E-state index contributed by atoms with van der Waals surface area (Å²) in [7, 11) is -4.10. The number of hydrogen-bond donors (Lipinski definition) is 1. The maximum atomic E-state index is 14.5. The summed E-state index contributed by atoms with van der Waals surface area (Å²) in [6.07, 6.45) is 2.88. The van der Waals surface area contributed by atoms with Crippen LogP contribution in [0.1, 0.15) is 74.1 Å². The highest BCUT2D eigenvalue weighted by molar-refractivity contribution is 7.92. The van der Waals surface area contributed by atoms with Gasteiger partial charge < -0.3 is 14.5 Å². The van der Waals surface area contributed by atoms with Gasteiger partial charge in [-0.15, -0.1) is 0 Å². The van der Waals surface area contributed by atoms with Gasteiger partial charge in [-0.05, 0) is 86.9 Å². The van der Waals surface area contributed by atoms with Crippen molar-refractivity contribution in [1.29, 1.82) is 0 Å². The Balaban J connectivity index is 1.47. The zero-order valence-electron chi connectivity index (χ0n) is 28.7. The maximum Gasteiger partial charge on any atom is 0.263 e. The lowest BCUT2D eigenvalue weighted by Crippen LogP contribution is -2.45. The molecule has 4 aromatic rings. The van der Waals surface area contributed by atoms with Crippen LogP contribution in [-0.4, -0.2) is 54.4 Å². The van der Waals surface area contributed by atoms with E-state index in [1.807, 2.05) is 56.3 Å². The van der Waals surface area contributed by atoms with Crippen molar-refractivity contribution in [2.45, 2.75) is 84.3 Å². The van der Waals surface area contributed by atoms with Crippen molar-refractivity contribution < 1.29 is 17.9 Å². The number of carbonyl (C=O) groups is 1. The Morgan fingerprint density at radius 3 is 2.40 bits per heavy atom. The number of benzene rings is 2. The third-order valence-electron chi connectivity index (χ3n) is 9.13. The first-order valence-electron chi connectivity index (χ1n) is 16.7. The van der Waals surface area contributed by atoms with Crippen LogP contribution in [0, 0.1) is 19.3 Å². The molecule has 9 nitrogen and oxygen atoms in total. The third kappa shape index (κ3) is 7.33. The first-order valence-corrected chi connectivity index (χ1v) is 18.1. The molecule has 2 aliphatic rings. The largest absolute Gasteiger partial charge is 0.491 e. The van der Waals surface area contributed by atoms with Crippen LogP contribution in [0.25, 0.3) is 11.3 Å². The topological polar surface area (TPSA) is 105 Å². The van der Waals surface area contributed by atoms with Gasteiger partial charge in [-0.2, -0.15) is 0 Å². The Bertz CT molecular complexity index is 1920. The SMILES string of the molecule is Cc1cccc(C)c1-c1cc2cc(n1)NS(=O)(=O)c1cccc(c1)C(=O)N(Cc1cccc(N3CCC[C@H]3C)n1)[C@H](CC(C)(C)C)CO2. The standard InChI is InChI=1S/C38H45N5O4S/c1-25-11-7-12-26(2)36(25)33-20-31-21-34(40-33)41-48(45,46)32-16-8-14-28(19-32)37(44)43(30(24-47-31)22-38(4,5)6)23-29-15-9-17-35(39-29)42-18-10-13-27(42)3/h7-9,11-12,14-17,19-21,27,30H,10,13,18,22-24H2,1-6H3,(H,40,41)/t27-,30-/m1/s1. The summed E-state index contributed by atoms with van der Waals surface area (Å²) in [5, 5.41) is 0. The van der Waals surface area contributed by atoms with Gasteiger partial charge in [0.25, 0.3) is 15.9 Å². The van der Waals surface area contributed by atoms with Crippen molar-refractivity contribution in [1.82, 2.24) is 14.9 Å². The van der Waals surface area contributed by atoms with Crippen LogP contribution in [0.2, 0.25) is 0 Å². The van der Waals surface area contributed by atoms with E-state index in [0.717, 1.165) is 47.6 Å². The molecule has 1 saturated heterocycles. The van der Waals surface area contributed by atoms with Gasteiger partial charge in [0.1, 0.15) is 24.0 Å². The van der Waals surface area contributed by atoms with Gasteiger partial charge in [-0.25, -0.2) is 18.4 Å². The van der Waals surface area contributed by atoms with Crippen LogP contribution >= 0.6 is 0 Å². The number of fused-ring (bicyclic) bond motifs is 4. The van der Waals surface area contributed by atoms with Crippen molar-refractivity contribution in [3.63, 3.8) is 0 Å². The van der Waals surface area contributed by atoms with Crippen molar-refractivity contribution in [2.24, 2.45) is 5.41 Å². The summed E-state index contributed by atoms with van der Waals surface area (Å²) < 4.78 is 36.7. The number of aryl methyl sites for hydroxylation is 2. The van der Waals surface area contributed by atoms with E-state index in [4.69, 9.17) is 14.7 Å². The molecule has 0 unspecified atom stereocenters. The van der Waals surface area contributed by atoms with E-state index in [1.54, 1.807) is 23.1 Å². The summed E-state index contributed by atoms with van der Waals surface area (Å²) in [4.78, 5) is 28.4. The van der Waals surface area contributed by atoms with Crippen LogP contribution in [0.3, 0.4) is 0 Å². The van der Waals surface area contributed by atoms with E-state index in [9.17, 15) is 13.2 Å². The highest BCUT2D eigenvalue weighted by Gasteiger charge is 2.32. The highest BCUT2D eigenvalue weighted by atomic mass is 32.2. The average Bonchev–Trinajstić information content (AvgIpc) is 3.46. The number of nitrogens with one attached hydrogen (secondary N) is 1. The summed E-state index contributed by atoms with van der Waals surface area (Å²) in [6, 6.07) is 21.7. The minimum atomic E-state index is -4.10. The molecule has 0 saturated carbocycles. The number of carbonyl (C=O) groups excluding carboxylic acids is 1. The second-order valence-corrected chi connectivity index (χ2v) is 16.0. The summed E-state index contributed by atoms with van der Waals surface area (Å²) >= 11 is 0. The Morgan fingerprint density at radius 2 is 1.69 bits per heavy atom. The Morgan fingerprint density at radius 1 is 0.958 bits per heavy atom. The zero-order valence-corrected chi connectivity index (χ0v) is 29.5. The second-order valence-electron chi connectivity index (χ2n) is 14.3. The Hall–Kier alpha value is -4.44. The van der Waals surface area contributed by atoms with Gasteiger partial charge in [0.15, 0.2) is 0 Å². The zero-order chi connectivity index (χ0) is 34.2. The quantitative estimate of drug-likeness (QED) is 0.237. The number of hydrogen-bond acceptors (Lipinski definition) is 7. The molecule has 4 bridgehead atoms. The number of sulfonamides is 1. The molecule has 0 aliphatic carbocycles. The van der Waals surface area contributed by atoms with Crippen molar-refractivity contribution in [2.75, 3.05) is 22.8 Å². The molecule has 48 heavy (non-hydrogen) atoms. The van der Waals surface area contributed by atoms with E-state index in [-0.39, 0.29) is 46.8 Å². The molecule has 2 aromatic carbocycles. The molecule has 252 valence electrons. The van der Waals surface area contributed by atoms with Gasteiger partial charge in [0.2, 0.25) is 0 Å². The van der Waals surface area contributed by atoms with Gasteiger partial charge in [0, 0.05) is 35.8 Å². The fourth-order valence-electron chi connectivity index (χ4n) is 6.83.